The largest absolute Gasteiger partial charge is 0.453 e. The summed E-state index contributed by atoms with van der Waals surface area (Å²) in [4.78, 5) is 2.38. The maximum Gasteiger partial charge on any atom is 0.453 e. The molecule has 0 amide bonds. The van der Waals surface area contributed by atoms with Crippen molar-refractivity contribution >= 4 is 0 Å². The lowest BCUT2D eigenvalue weighted by Gasteiger charge is -2.04. The smallest absolute Gasteiger partial charge is 0.229 e. The molecule has 0 saturated carbocycles. The number of halogens is 6. The molecule has 3 nitrogen and oxygen atoms in total. The van der Waals surface area contributed by atoms with Crippen LogP contribution >= 0.6 is 0 Å². The van der Waals surface area contributed by atoms with E-state index >= 15 is 0 Å². The van der Waals surface area contributed by atoms with Crippen molar-refractivity contribution in [2.45, 2.75) is 18.9 Å². The van der Waals surface area contributed by atoms with Crippen LogP contribution in [0.2, 0.25) is 0 Å². The van der Waals surface area contributed by atoms with Crippen LogP contribution in [-0.2, 0) is 18.9 Å². The van der Waals surface area contributed by atoms with Gasteiger partial charge in [-0.2, -0.15) is 31.3 Å². The molecule has 0 N–H and O–H groups in total. The van der Waals surface area contributed by atoms with Crippen LogP contribution in [0.5, 0.6) is 0 Å². The maximum absolute atomic E-state index is 12.2. The molecule has 1 aromatic heterocycles. The molecule has 0 unspecified atom stereocenters. The Balaban J connectivity index is 3.27. The zero-order valence-electron chi connectivity index (χ0n) is 7.39. The highest BCUT2D eigenvalue weighted by molar-refractivity contribution is 5.02. The van der Waals surface area contributed by atoms with E-state index in [1.807, 2.05) is 0 Å². The van der Waals surface area contributed by atoms with E-state index in [2.05, 4.69) is 10.1 Å². The summed E-state index contributed by atoms with van der Waals surface area (Å²) < 4.78 is 72.8. The number of terminal acetylenes is 1. The van der Waals surface area contributed by atoms with E-state index in [9.17, 15) is 26.3 Å². The molecule has 1 aromatic rings. The van der Waals surface area contributed by atoms with Gasteiger partial charge in [-0.1, -0.05) is 5.92 Å². The van der Waals surface area contributed by atoms with E-state index in [1.165, 1.54) is 0 Å². The lowest BCUT2D eigenvalue weighted by molar-refractivity contribution is -0.150. The second-order valence-electron chi connectivity index (χ2n) is 2.62. The standard InChI is InChI=1S/C7H3F6N3/c1-2-3-16-5(7(11,12)13)14-4(15-16)6(8,9)10/h1H,3H2. The Kier molecular flexibility index (Phi) is 2.85. The molecule has 0 aliphatic rings. The third kappa shape index (κ3) is 2.44. The molecule has 1 heterocycles. The molecule has 0 aliphatic heterocycles. The minimum atomic E-state index is -5.04. The Morgan fingerprint density at radius 1 is 1.12 bits per heavy atom. The fourth-order valence-corrected chi connectivity index (χ4v) is 0.869. The zero-order chi connectivity index (χ0) is 12.6. The van der Waals surface area contributed by atoms with E-state index in [4.69, 9.17) is 6.42 Å². The van der Waals surface area contributed by atoms with Crippen molar-refractivity contribution in [2.75, 3.05) is 0 Å². The van der Waals surface area contributed by atoms with Crippen molar-refractivity contribution < 1.29 is 26.3 Å². The fraction of sp³-hybridized carbons (Fsp3) is 0.429. The molecule has 9 heteroatoms. The van der Waals surface area contributed by atoms with Crippen molar-refractivity contribution in [2.24, 2.45) is 0 Å². The number of hydrogen-bond acceptors (Lipinski definition) is 2. The Morgan fingerprint density at radius 2 is 1.69 bits per heavy atom. The lowest BCUT2D eigenvalue weighted by atomic mass is 10.5. The van der Waals surface area contributed by atoms with Gasteiger partial charge in [-0.25, -0.2) is 4.68 Å². The normalized spacial score (nSPS) is 12.6. The average molecular weight is 243 g/mol. The Hall–Kier alpha value is -1.72. The minimum Gasteiger partial charge on any atom is -0.229 e. The summed E-state index contributed by atoms with van der Waals surface area (Å²) in [5, 5.41) is 2.66. The van der Waals surface area contributed by atoms with Crippen LogP contribution < -0.4 is 0 Å². The van der Waals surface area contributed by atoms with Crippen LogP contribution in [0.15, 0.2) is 0 Å². The van der Waals surface area contributed by atoms with Gasteiger partial charge in [0.25, 0.3) is 5.82 Å². The number of hydrogen-bond donors (Lipinski definition) is 0. The second-order valence-corrected chi connectivity index (χ2v) is 2.62. The molecule has 0 bridgehead atoms. The molecule has 0 aromatic carbocycles. The molecular formula is C7H3F6N3. The average Bonchev–Trinajstić information content (AvgIpc) is 2.46. The van der Waals surface area contributed by atoms with Gasteiger partial charge in [0, 0.05) is 0 Å². The van der Waals surface area contributed by atoms with Gasteiger partial charge >= 0.3 is 12.4 Å². The van der Waals surface area contributed by atoms with Crippen LogP contribution in [0.1, 0.15) is 11.6 Å². The minimum absolute atomic E-state index is 0.0111. The Bertz CT molecular complexity index is 421. The van der Waals surface area contributed by atoms with Crippen LogP contribution in [0.25, 0.3) is 0 Å². The van der Waals surface area contributed by atoms with E-state index in [0.29, 0.717) is 0 Å². The van der Waals surface area contributed by atoms with Crippen LogP contribution in [0, 0.1) is 12.3 Å². The molecule has 0 saturated heterocycles. The van der Waals surface area contributed by atoms with Gasteiger partial charge in [0.2, 0.25) is 5.82 Å². The summed E-state index contributed by atoms with van der Waals surface area (Å²) >= 11 is 0. The molecular weight excluding hydrogens is 240 g/mol. The predicted octanol–water partition coefficient (Wildman–Crippen LogP) is 1.95. The monoisotopic (exact) mass is 243 g/mol. The topological polar surface area (TPSA) is 30.7 Å². The molecule has 0 aliphatic carbocycles. The van der Waals surface area contributed by atoms with Gasteiger partial charge in [0.15, 0.2) is 0 Å². The highest BCUT2D eigenvalue weighted by Crippen LogP contribution is 2.32. The summed E-state index contributed by atoms with van der Waals surface area (Å²) in [6.45, 7) is -0.738. The van der Waals surface area contributed by atoms with Crippen LogP contribution in [-0.4, -0.2) is 14.8 Å². The molecule has 0 spiro atoms. The number of nitrogens with zero attached hydrogens (tertiary/aromatic N) is 3. The van der Waals surface area contributed by atoms with Crippen molar-refractivity contribution in [3.63, 3.8) is 0 Å². The van der Waals surface area contributed by atoms with Crippen molar-refractivity contribution in [3.05, 3.63) is 11.6 Å². The Labute approximate surface area is 85.1 Å². The van der Waals surface area contributed by atoms with E-state index in [-0.39, 0.29) is 4.68 Å². The molecule has 0 fully saturated rings. The molecule has 0 atom stereocenters. The van der Waals surface area contributed by atoms with E-state index in [0.717, 1.165) is 0 Å². The third-order valence-electron chi connectivity index (χ3n) is 1.42. The first kappa shape index (κ1) is 12.4. The maximum atomic E-state index is 12.2. The quantitative estimate of drug-likeness (QED) is 0.557. The third-order valence-corrected chi connectivity index (χ3v) is 1.42. The molecule has 1 rings (SSSR count). The van der Waals surface area contributed by atoms with E-state index < -0.39 is 30.5 Å². The number of rotatable bonds is 1. The predicted molar refractivity (Wildman–Crippen MR) is 38.9 cm³/mol. The van der Waals surface area contributed by atoms with Crippen LogP contribution in [0.3, 0.4) is 0 Å². The van der Waals surface area contributed by atoms with Gasteiger partial charge in [0.1, 0.15) is 6.54 Å². The van der Waals surface area contributed by atoms with Crippen molar-refractivity contribution in [1.82, 2.24) is 14.8 Å². The molecule has 88 valence electrons. The van der Waals surface area contributed by atoms with Gasteiger partial charge in [-0.15, -0.1) is 11.5 Å². The first-order chi connectivity index (χ1) is 7.16. The second kappa shape index (κ2) is 3.70. The van der Waals surface area contributed by atoms with Crippen molar-refractivity contribution in [3.8, 4) is 12.3 Å². The van der Waals surface area contributed by atoms with Gasteiger partial charge in [-0.3, -0.25) is 0 Å². The summed E-state index contributed by atoms with van der Waals surface area (Å²) in [6.07, 6.45) is -5.37. The highest BCUT2D eigenvalue weighted by Gasteiger charge is 2.43. The van der Waals surface area contributed by atoms with Gasteiger partial charge in [0.05, 0.1) is 0 Å². The van der Waals surface area contributed by atoms with Crippen LogP contribution in [0.4, 0.5) is 26.3 Å². The summed E-state index contributed by atoms with van der Waals surface area (Å²) in [6, 6.07) is 0. The lowest BCUT2D eigenvalue weighted by Crippen LogP contribution is -2.15. The highest BCUT2D eigenvalue weighted by atomic mass is 19.4. The molecule has 0 radical (unpaired) electrons. The molecule has 16 heavy (non-hydrogen) atoms. The SMILES string of the molecule is C#CCn1nc(C(F)(F)F)nc1C(F)(F)F. The summed E-state index contributed by atoms with van der Waals surface area (Å²) in [7, 11) is 0. The van der Waals surface area contributed by atoms with Crippen molar-refractivity contribution in [1.29, 1.82) is 0 Å². The first-order valence-electron chi connectivity index (χ1n) is 3.69. The Morgan fingerprint density at radius 3 is 2.06 bits per heavy atom. The first-order valence-corrected chi connectivity index (χ1v) is 3.69. The summed E-state index contributed by atoms with van der Waals surface area (Å²) in [5.41, 5.74) is 0. The summed E-state index contributed by atoms with van der Waals surface area (Å²) in [5.74, 6) is -1.88. The van der Waals surface area contributed by atoms with Gasteiger partial charge in [-0.05, 0) is 0 Å². The number of aromatic nitrogens is 3. The van der Waals surface area contributed by atoms with Gasteiger partial charge < -0.3 is 0 Å². The fourth-order valence-electron chi connectivity index (χ4n) is 0.869. The van der Waals surface area contributed by atoms with E-state index in [1.54, 1.807) is 5.92 Å². The zero-order valence-corrected chi connectivity index (χ0v) is 7.39. The number of alkyl halides is 6.